The number of amides is 1. The standard InChI is InChI=1S/C16H24N2O/c17-11-14-8-6-13(7-9-14)10-16(19)18-12-15-4-2-1-3-5-15/h6-9,15H,1-5,10-12,17H2,(H,18,19). The van der Waals surface area contributed by atoms with Gasteiger partial charge in [0.1, 0.15) is 0 Å². The number of hydrogen-bond donors (Lipinski definition) is 2. The summed E-state index contributed by atoms with van der Waals surface area (Å²) in [6, 6.07) is 7.96. The molecule has 0 aliphatic heterocycles. The van der Waals surface area contributed by atoms with Crippen molar-refractivity contribution in [3.05, 3.63) is 35.4 Å². The van der Waals surface area contributed by atoms with Crippen LogP contribution in [0.3, 0.4) is 0 Å². The van der Waals surface area contributed by atoms with Gasteiger partial charge in [-0.15, -0.1) is 0 Å². The summed E-state index contributed by atoms with van der Waals surface area (Å²) in [6.07, 6.45) is 7.01. The molecule has 0 heterocycles. The maximum Gasteiger partial charge on any atom is 0.224 e. The van der Waals surface area contributed by atoms with E-state index in [1.807, 2.05) is 24.3 Å². The van der Waals surface area contributed by atoms with Gasteiger partial charge in [0.2, 0.25) is 5.91 Å². The molecular weight excluding hydrogens is 236 g/mol. The van der Waals surface area contributed by atoms with Crippen LogP contribution in [-0.2, 0) is 17.8 Å². The smallest absolute Gasteiger partial charge is 0.224 e. The Kier molecular flexibility index (Phi) is 5.40. The van der Waals surface area contributed by atoms with Crippen molar-refractivity contribution in [1.82, 2.24) is 5.32 Å². The van der Waals surface area contributed by atoms with E-state index in [1.54, 1.807) is 0 Å². The average Bonchev–Trinajstić information content (AvgIpc) is 2.47. The van der Waals surface area contributed by atoms with Gasteiger partial charge >= 0.3 is 0 Å². The minimum absolute atomic E-state index is 0.131. The number of benzene rings is 1. The summed E-state index contributed by atoms with van der Waals surface area (Å²) in [7, 11) is 0. The van der Waals surface area contributed by atoms with Gasteiger partial charge < -0.3 is 11.1 Å². The molecule has 1 aromatic rings. The number of hydrogen-bond acceptors (Lipinski definition) is 2. The molecule has 0 bridgehead atoms. The topological polar surface area (TPSA) is 55.1 Å². The fourth-order valence-corrected chi connectivity index (χ4v) is 2.69. The quantitative estimate of drug-likeness (QED) is 0.854. The molecule has 0 radical (unpaired) electrons. The van der Waals surface area contributed by atoms with Crippen molar-refractivity contribution in [3.8, 4) is 0 Å². The van der Waals surface area contributed by atoms with Crippen LogP contribution in [0.4, 0.5) is 0 Å². The third-order valence-electron chi connectivity index (χ3n) is 3.94. The maximum absolute atomic E-state index is 11.9. The van der Waals surface area contributed by atoms with E-state index < -0.39 is 0 Å². The van der Waals surface area contributed by atoms with Gasteiger partial charge in [-0.2, -0.15) is 0 Å². The normalized spacial score (nSPS) is 16.3. The first kappa shape index (κ1) is 14.1. The van der Waals surface area contributed by atoms with Crippen LogP contribution in [0, 0.1) is 5.92 Å². The van der Waals surface area contributed by atoms with Crippen molar-refractivity contribution < 1.29 is 4.79 Å². The van der Waals surface area contributed by atoms with E-state index in [4.69, 9.17) is 5.73 Å². The largest absolute Gasteiger partial charge is 0.356 e. The molecule has 3 heteroatoms. The maximum atomic E-state index is 11.9. The van der Waals surface area contributed by atoms with Crippen LogP contribution in [0.25, 0.3) is 0 Å². The molecule has 1 fully saturated rings. The fraction of sp³-hybridized carbons (Fsp3) is 0.562. The Morgan fingerprint density at radius 2 is 1.74 bits per heavy atom. The Balaban J connectivity index is 1.73. The van der Waals surface area contributed by atoms with Crippen LogP contribution in [0.1, 0.15) is 43.2 Å². The summed E-state index contributed by atoms with van der Waals surface area (Å²) in [5.74, 6) is 0.823. The van der Waals surface area contributed by atoms with Crippen molar-refractivity contribution >= 4 is 5.91 Å². The molecule has 1 aliphatic rings. The first-order valence-corrected chi connectivity index (χ1v) is 7.32. The number of nitrogens with one attached hydrogen (secondary N) is 1. The molecule has 3 nitrogen and oxygen atoms in total. The van der Waals surface area contributed by atoms with Crippen LogP contribution >= 0.6 is 0 Å². The number of carbonyl (C=O) groups excluding carboxylic acids is 1. The van der Waals surface area contributed by atoms with Gasteiger partial charge in [-0.05, 0) is 29.9 Å². The molecule has 1 aromatic carbocycles. The molecule has 0 aromatic heterocycles. The molecule has 0 atom stereocenters. The second kappa shape index (κ2) is 7.29. The van der Waals surface area contributed by atoms with Gasteiger partial charge in [0, 0.05) is 13.1 Å². The van der Waals surface area contributed by atoms with Gasteiger partial charge in [-0.3, -0.25) is 4.79 Å². The summed E-state index contributed by atoms with van der Waals surface area (Å²) in [5, 5.41) is 3.07. The van der Waals surface area contributed by atoms with Crippen molar-refractivity contribution in [1.29, 1.82) is 0 Å². The molecule has 3 N–H and O–H groups in total. The van der Waals surface area contributed by atoms with Crippen LogP contribution in [0.15, 0.2) is 24.3 Å². The third kappa shape index (κ3) is 4.67. The Morgan fingerprint density at radius 1 is 1.11 bits per heavy atom. The molecule has 0 unspecified atom stereocenters. The molecule has 1 amide bonds. The second-order valence-corrected chi connectivity index (χ2v) is 5.51. The molecule has 1 saturated carbocycles. The van der Waals surface area contributed by atoms with Gasteiger partial charge in [0.15, 0.2) is 0 Å². The minimum Gasteiger partial charge on any atom is -0.356 e. The number of nitrogens with two attached hydrogens (primary N) is 1. The van der Waals surface area contributed by atoms with Crippen LogP contribution in [0.2, 0.25) is 0 Å². The zero-order valence-corrected chi connectivity index (χ0v) is 11.5. The van der Waals surface area contributed by atoms with Gasteiger partial charge in [-0.25, -0.2) is 0 Å². The average molecular weight is 260 g/mol. The van der Waals surface area contributed by atoms with Crippen molar-refractivity contribution in [3.63, 3.8) is 0 Å². The molecule has 1 aliphatic carbocycles. The Labute approximate surface area is 115 Å². The van der Waals surface area contributed by atoms with Crippen molar-refractivity contribution in [2.75, 3.05) is 6.54 Å². The lowest BCUT2D eigenvalue weighted by Crippen LogP contribution is -2.31. The number of rotatable bonds is 5. The third-order valence-corrected chi connectivity index (χ3v) is 3.94. The molecule has 0 saturated heterocycles. The lowest BCUT2D eigenvalue weighted by Gasteiger charge is -2.21. The fourth-order valence-electron chi connectivity index (χ4n) is 2.69. The van der Waals surface area contributed by atoms with Crippen molar-refractivity contribution in [2.45, 2.75) is 45.1 Å². The van der Waals surface area contributed by atoms with Gasteiger partial charge in [-0.1, -0.05) is 43.5 Å². The lowest BCUT2D eigenvalue weighted by atomic mass is 9.89. The van der Waals surface area contributed by atoms with E-state index >= 15 is 0 Å². The highest BCUT2D eigenvalue weighted by atomic mass is 16.1. The van der Waals surface area contributed by atoms with E-state index in [1.165, 1.54) is 32.1 Å². The summed E-state index contributed by atoms with van der Waals surface area (Å²) in [6.45, 7) is 1.40. The minimum atomic E-state index is 0.131. The highest BCUT2D eigenvalue weighted by Gasteiger charge is 2.14. The zero-order chi connectivity index (χ0) is 13.5. The summed E-state index contributed by atoms with van der Waals surface area (Å²) < 4.78 is 0. The van der Waals surface area contributed by atoms with E-state index in [0.717, 1.165) is 17.7 Å². The first-order chi connectivity index (χ1) is 9.28. The van der Waals surface area contributed by atoms with Crippen LogP contribution in [-0.4, -0.2) is 12.5 Å². The predicted octanol–water partition coefficient (Wildman–Crippen LogP) is 2.38. The van der Waals surface area contributed by atoms with Crippen molar-refractivity contribution in [2.24, 2.45) is 11.7 Å². The first-order valence-electron chi connectivity index (χ1n) is 7.32. The number of carbonyl (C=O) groups is 1. The molecule has 2 rings (SSSR count). The van der Waals surface area contributed by atoms with Crippen LogP contribution < -0.4 is 11.1 Å². The Bertz CT molecular complexity index is 394. The van der Waals surface area contributed by atoms with Gasteiger partial charge in [0.05, 0.1) is 6.42 Å². The summed E-state index contributed by atoms with van der Waals surface area (Å²) in [5.41, 5.74) is 7.71. The van der Waals surface area contributed by atoms with Gasteiger partial charge in [0.25, 0.3) is 0 Å². The Hall–Kier alpha value is -1.35. The summed E-state index contributed by atoms with van der Waals surface area (Å²) >= 11 is 0. The SMILES string of the molecule is NCc1ccc(CC(=O)NCC2CCCCC2)cc1. The van der Waals surface area contributed by atoms with E-state index in [9.17, 15) is 4.79 Å². The molecule has 0 spiro atoms. The molecular formula is C16H24N2O. The predicted molar refractivity (Wildman–Crippen MR) is 77.6 cm³/mol. The second-order valence-electron chi connectivity index (χ2n) is 5.51. The van der Waals surface area contributed by atoms with E-state index in [-0.39, 0.29) is 5.91 Å². The zero-order valence-electron chi connectivity index (χ0n) is 11.5. The summed E-state index contributed by atoms with van der Waals surface area (Å²) in [4.78, 5) is 11.9. The molecule has 19 heavy (non-hydrogen) atoms. The Morgan fingerprint density at radius 3 is 2.37 bits per heavy atom. The highest BCUT2D eigenvalue weighted by Crippen LogP contribution is 2.22. The molecule has 104 valence electrons. The van der Waals surface area contributed by atoms with Crippen LogP contribution in [0.5, 0.6) is 0 Å². The lowest BCUT2D eigenvalue weighted by molar-refractivity contribution is -0.120. The highest BCUT2D eigenvalue weighted by molar-refractivity contribution is 5.78. The monoisotopic (exact) mass is 260 g/mol. The van der Waals surface area contributed by atoms with E-state index in [2.05, 4.69) is 5.32 Å². The van der Waals surface area contributed by atoms with E-state index in [0.29, 0.717) is 18.9 Å².